The number of para-hydroxylation sites is 1. The number of allylic oxidation sites excluding steroid dienone is 1. The van der Waals surface area contributed by atoms with Crippen molar-refractivity contribution >= 4 is 29.4 Å². The summed E-state index contributed by atoms with van der Waals surface area (Å²) in [6.45, 7) is 7.01. The van der Waals surface area contributed by atoms with Gasteiger partial charge >= 0.3 is 11.9 Å². The van der Waals surface area contributed by atoms with Gasteiger partial charge in [-0.25, -0.2) is 9.79 Å². The molecule has 0 saturated carbocycles. The maximum atomic E-state index is 13.6. The van der Waals surface area contributed by atoms with Gasteiger partial charge in [0.05, 0.1) is 28.5 Å². The summed E-state index contributed by atoms with van der Waals surface area (Å²) in [7, 11) is 0. The van der Waals surface area contributed by atoms with Crippen molar-refractivity contribution in [2.24, 2.45) is 4.99 Å². The summed E-state index contributed by atoms with van der Waals surface area (Å²) in [5.41, 5.74) is 3.01. The van der Waals surface area contributed by atoms with E-state index in [1.165, 1.54) is 22.8 Å². The number of esters is 2. The predicted octanol–water partition coefficient (Wildman–Crippen LogP) is 3.03. The van der Waals surface area contributed by atoms with Crippen LogP contribution in [0.2, 0.25) is 0 Å². The molecule has 0 unspecified atom stereocenters. The minimum absolute atomic E-state index is 0.216. The number of nitrogens with zero attached hydrogens (tertiary/aromatic N) is 2. The molecule has 2 aromatic carbocycles. The van der Waals surface area contributed by atoms with Crippen molar-refractivity contribution in [1.82, 2.24) is 4.57 Å². The van der Waals surface area contributed by atoms with Crippen LogP contribution >= 0.6 is 11.3 Å². The monoisotopic (exact) mass is 476 g/mol. The fourth-order valence-electron chi connectivity index (χ4n) is 3.84. The van der Waals surface area contributed by atoms with E-state index in [0.717, 1.165) is 11.1 Å². The van der Waals surface area contributed by atoms with E-state index in [4.69, 9.17) is 9.47 Å². The summed E-state index contributed by atoms with van der Waals surface area (Å²) >= 11 is 1.22. The minimum atomic E-state index is -0.665. The maximum absolute atomic E-state index is 13.6. The lowest BCUT2D eigenvalue weighted by molar-refractivity contribution is -0.139. The third kappa shape index (κ3) is 4.49. The zero-order chi connectivity index (χ0) is 24.4. The number of rotatable bonds is 5. The van der Waals surface area contributed by atoms with Crippen molar-refractivity contribution in [2.45, 2.75) is 33.7 Å². The van der Waals surface area contributed by atoms with Crippen LogP contribution < -0.4 is 19.6 Å². The molecule has 0 fully saturated rings. The van der Waals surface area contributed by atoms with Crippen LogP contribution in [0, 0.1) is 6.92 Å². The van der Waals surface area contributed by atoms with E-state index < -0.39 is 18.0 Å². The Balaban J connectivity index is 1.94. The van der Waals surface area contributed by atoms with Crippen molar-refractivity contribution in [3.05, 3.63) is 96.2 Å². The van der Waals surface area contributed by atoms with Gasteiger partial charge in [-0.2, -0.15) is 0 Å². The Labute approximate surface area is 200 Å². The summed E-state index contributed by atoms with van der Waals surface area (Å²) in [5, 5.41) is 0. The zero-order valence-electron chi connectivity index (χ0n) is 19.3. The number of benzene rings is 2. The highest BCUT2D eigenvalue weighted by Crippen LogP contribution is 2.30. The van der Waals surface area contributed by atoms with Crippen LogP contribution in [0.15, 0.2) is 69.6 Å². The van der Waals surface area contributed by atoms with Gasteiger partial charge in [-0.15, -0.1) is 0 Å². The number of carbonyl (C=O) groups excluding carboxylic acids is 2. The Hall–Kier alpha value is -3.78. The molecule has 1 atom stereocenters. The highest BCUT2D eigenvalue weighted by Gasteiger charge is 2.33. The quantitative estimate of drug-likeness (QED) is 0.417. The van der Waals surface area contributed by atoms with Crippen LogP contribution in [-0.2, 0) is 14.3 Å². The van der Waals surface area contributed by atoms with Crippen LogP contribution in [-0.4, -0.2) is 23.1 Å². The van der Waals surface area contributed by atoms with E-state index in [0.29, 0.717) is 31.9 Å². The SMILES string of the molecule is CCOC(=O)C1=C(C)N=c2s/c(=C\c3ccccc3OC(C)=O)c(=O)n2[C@H]1c1ccc(C)cc1. The second kappa shape index (κ2) is 9.61. The maximum Gasteiger partial charge on any atom is 0.338 e. The van der Waals surface area contributed by atoms with Gasteiger partial charge in [0.15, 0.2) is 4.80 Å². The summed E-state index contributed by atoms with van der Waals surface area (Å²) in [4.78, 5) is 43.1. The normalized spacial score (nSPS) is 15.5. The van der Waals surface area contributed by atoms with Gasteiger partial charge in [0.2, 0.25) is 0 Å². The molecule has 4 rings (SSSR count). The molecular formula is C26H24N2O5S. The van der Waals surface area contributed by atoms with E-state index in [2.05, 4.69) is 4.99 Å². The van der Waals surface area contributed by atoms with E-state index in [1.807, 2.05) is 31.2 Å². The van der Waals surface area contributed by atoms with E-state index >= 15 is 0 Å². The molecule has 34 heavy (non-hydrogen) atoms. The van der Waals surface area contributed by atoms with Crippen LogP contribution in [0.4, 0.5) is 0 Å². The van der Waals surface area contributed by atoms with Gasteiger partial charge in [-0.05, 0) is 38.5 Å². The summed E-state index contributed by atoms with van der Waals surface area (Å²) in [6.07, 6.45) is 1.68. The molecule has 0 radical (unpaired) electrons. The van der Waals surface area contributed by atoms with Crippen molar-refractivity contribution < 1.29 is 19.1 Å². The average Bonchev–Trinajstić information content (AvgIpc) is 3.09. The minimum Gasteiger partial charge on any atom is -0.463 e. The molecule has 8 heteroatoms. The van der Waals surface area contributed by atoms with Gasteiger partial charge in [0.1, 0.15) is 5.75 Å². The highest BCUT2D eigenvalue weighted by molar-refractivity contribution is 7.07. The van der Waals surface area contributed by atoms with E-state index in [9.17, 15) is 14.4 Å². The van der Waals surface area contributed by atoms with Gasteiger partial charge in [0.25, 0.3) is 5.56 Å². The van der Waals surface area contributed by atoms with Crippen LogP contribution in [0.1, 0.15) is 43.5 Å². The van der Waals surface area contributed by atoms with Crippen molar-refractivity contribution in [2.75, 3.05) is 6.61 Å². The van der Waals surface area contributed by atoms with Gasteiger partial charge in [0, 0.05) is 12.5 Å². The molecule has 0 amide bonds. The molecule has 7 nitrogen and oxygen atoms in total. The average molecular weight is 477 g/mol. The molecule has 1 aliphatic heterocycles. The van der Waals surface area contributed by atoms with Gasteiger partial charge in [-0.3, -0.25) is 14.2 Å². The smallest absolute Gasteiger partial charge is 0.338 e. The van der Waals surface area contributed by atoms with Crippen LogP contribution in [0.5, 0.6) is 5.75 Å². The number of aromatic nitrogens is 1. The first kappa shape index (κ1) is 23.4. The lowest BCUT2D eigenvalue weighted by Gasteiger charge is -2.24. The Morgan fingerprint density at radius 1 is 1.12 bits per heavy atom. The van der Waals surface area contributed by atoms with Crippen molar-refractivity contribution in [3.8, 4) is 5.75 Å². The zero-order valence-corrected chi connectivity index (χ0v) is 20.1. The Bertz CT molecular complexity index is 1480. The first-order chi connectivity index (χ1) is 16.3. The molecule has 0 N–H and O–H groups in total. The largest absolute Gasteiger partial charge is 0.463 e. The first-order valence-electron chi connectivity index (χ1n) is 10.8. The third-order valence-electron chi connectivity index (χ3n) is 5.37. The molecule has 0 bridgehead atoms. The molecule has 0 saturated heterocycles. The number of ether oxygens (including phenoxy) is 2. The molecule has 0 aliphatic carbocycles. The number of fused-ring (bicyclic) bond motifs is 1. The van der Waals surface area contributed by atoms with Crippen molar-refractivity contribution in [3.63, 3.8) is 0 Å². The van der Waals surface area contributed by atoms with Crippen molar-refractivity contribution in [1.29, 1.82) is 0 Å². The number of hydrogen-bond acceptors (Lipinski definition) is 7. The molecule has 174 valence electrons. The Morgan fingerprint density at radius 3 is 2.50 bits per heavy atom. The number of thiazole rings is 1. The third-order valence-corrected chi connectivity index (χ3v) is 6.35. The second-order valence-electron chi connectivity index (χ2n) is 7.84. The lowest BCUT2D eigenvalue weighted by atomic mass is 9.95. The van der Waals surface area contributed by atoms with Gasteiger partial charge < -0.3 is 9.47 Å². The Kier molecular flexibility index (Phi) is 6.61. The summed E-state index contributed by atoms with van der Waals surface area (Å²) < 4.78 is 12.5. The topological polar surface area (TPSA) is 87.0 Å². The van der Waals surface area contributed by atoms with E-state index in [1.54, 1.807) is 44.2 Å². The van der Waals surface area contributed by atoms with Crippen LogP contribution in [0.25, 0.3) is 6.08 Å². The molecule has 1 aromatic heterocycles. The molecular weight excluding hydrogens is 452 g/mol. The standard InChI is InChI=1S/C26H24N2O5S/c1-5-32-25(31)22-16(3)27-26-28(23(22)18-12-10-15(2)11-13-18)24(30)21(34-26)14-19-8-6-7-9-20(19)33-17(4)29/h6-14,23H,5H2,1-4H3/b21-14-/t23-/m0/s1. The number of hydrogen-bond donors (Lipinski definition) is 0. The highest BCUT2D eigenvalue weighted by atomic mass is 32.1. The number of aryl methyl sites for hydroxylation is 1. The van der Waals surface area contributed by atoms with Crippen LogP contribution in [0.3, 0.4) is 0 Å². The fourth-order valence-corrected chi connectivity index (χ4v) is 4.88. The van der Waals surface area contributed by atoms with E-state index in [-0.39, 0.29) is 12.2 Å². The molecule has 3 aromatic rings. The predicted molar refractivity (Wildman–Crippen MR) is 129 cm³/mol. The molecule has 1 aliphatic rings. The molecule has 2 heterocycles. The fraction of sp³-hybridized carbons (Fsp3) is 0.231. The second-order valence-corrected chi connectivity index (χ2v) is 8.85. The summed E-state index contributed by atoms with van der Waals surface area (Å²) in [5.74, 6) is -0.584. The Morgan fingerprint density at radius 2 is 1.82 bits per heavy atom. The number of carbonyl (C=O) groups is 2. The molecule has 0 spiro atoms. The first-order valence-corrected chi connectivity index (χ1v) is 11.7. The summed E-state index contributed by atoms with van der Waals surface area (Å²) in [6, 6.07) is 14.0. The lowest BCUT2D eigenvalue weighted by Crippen LogP contribution is -2.39. The van der Waals surface area contributed by atoms with Gasteiger partial charge in [-0.1, -0.05) is 59.4 Å².